The van der Waals surface area contributed by atoms with E-state index in [9.17, 15) is 28.0 Å². The number of hydrogen-bond donors (Lipinski definition) is 0. The second-order valence-corrected chi connectivity index (χ2v) is 9.12. The van der Waals surface area contributed by atoms with Crippen LogP contribution < -0.4 is 0 Å². The molecule has 0 aromatic carbocycles. The maximum absolute atomic E-state index is 13.7. The summed E-state index contributed by atoms with van der Waals surface area (Å²) in [4.78, 5) is 32.8. The van der Waals surface area contributed by atoms with Gasteiger partial charge in [0.15, 0.2) is 17.0 Å². The Labute approximate surface area is 182 Å². The van der Waals surface area contributed by atoms with Crippen molar-refractivity contribution < 1.29 is 22.8 Å². The Morgan fingerprint density at radius 3 is 2.53 bits per heavy atom. The van der Waals surface area contributed by atoms with Gasteiger partial charge in [-0.2, -0.15) is 18.4 Å². The lowest BCUT2D eigenvalue weighted by atomic mass is 9.80. The molecule has 5 rings (SSSR count). The zero-order valence-corrected chi connectivity index (χ0v) is 17.5. The summed E-state index contributed by atoms with van der Waals surface area (Å²) in [6.45, 7) is 2.59. The summed E-state index contributed by atoms with van der Waals surface area (Å²) in [6.07, 6.45) is 0.259. The van der Waals surface area contributed by atoms with Crippen molar-refractivity contribution in [3.63, 3.8) is 0 Å². The molecule has 10 heteroatoms. The van der Waals surface area contributed by atoms with Gasteiger partial charge >= 0.3 is 6.18 Å². The maximum Gasteiger partial charge on any atom is 0.419 e. The Balaban J connectivity index is 1.48. The average Bonchev–Trinajstić information content (AvgIpc) is 3.50. The summed E-state index contributed by atoms with van der Waals surface area (Å²) in [5.74, 6) is -0.280. The van der Waals surface area contributed by atoms with Gasteiger partial charge in [-0.05, 0) is 49.1 Å². The summed E-state index contributed by atoms with van der Waals surface area (Å²) in [6, 6.07) is 3.11. The van der Waals surface area contributed by atoms with Gasteiger partial charge in [0.05, 0.1) is 5.56 Å². The number of alkyl halides is 3. The van der Waals surface area contributed by atoms with Gasteiger partial charge < -0.3 is 9.80 Å². The SMILES string of the molecule is C[C@H]1C[C@H](N2CCN(C(=O)c3nc4c(C(F)(F)F)cc(C5CC5)cn4c3C#N)CC2=O)C1. The van der Waals surface area contributed by atoms with Gasteiger partial charge in [0.2, 0.25) is 5.91 Å². The molecule has 0 spiro atoms. The van der Waals surface area contributed by atoms with E-state index in [4.69, 9.17) is 0 Å². The van der Waals surface area contributed by atoms with Gasteiger partial charge in [-0.25, -0.2) is 4.98 Å². The van der Waals surface area contributed by atoms with E-state index in [2.05, 4.69) is 11.9 Å². The van der Waals surface area contributed by atoms with Crippen molar-refractivity contribution in [2.45, 2.75) is 50.7 Å². The van der Waals surface area contributed by atoms with Crippen LogP contribution in [-0.4, -0.2) is 56.7 Å². The molecule has 0 bridgehead atoms. The molecule has 1 aliphatic heterocycles. The van der Waals surface area contributed by atoms with Gasteiger partial charge in [-0.15, -0.1) is 0 Å². The summed E-state index contributed by atoms with van der Waals surface area (Å²) in [5.41, 5.74) is -1.52. The lowest BCUT2D eigenvalue weighted by molar-refractivity contribution is -0.140. The van der Waals surface area contributed by atoms with E-state index < -0.39 is 23.3 Å². The number of carbonyl (C=O) groups is 2. The van der Waals surface area contributed by atoms with E-state index in [1.165, 1.54) is 11.1 Å². The van der Waals surface area contributed by atoms with Gasteiger partial charge in [0.1, 0.15) is 12.6 Å². The first-order chi connectivity index (χ1) is 15.2. The molecular formula is C22H22F3N5O2. The minimum atomic E-state index is -4.67. The predicted molar refractivity (Wildman–Crippen MR) is 107 cm³/mol. The fourth-order valence-corrected chi connectivity index (χ4v) is 4.78. The molecule has 2 aromatic rings. The Kier molecular flexibility index (Phi) is 4.69. The summed E-state index contributed by atoms with van der Waals surface area (Å²) in [5, 5.41) is 9.68. The zero-order chi connectivity index (χ0) is 22.8. The number of rotatable bonds is 3. The number of amides is 2. The van der Waals surface area contributed by atoms with Crippen LogP contribution in [-0.2, 0) is 11.0 Å². The molecule has 2 aromatic heterocycles. The third kappa shape index (κ3) is 3.40. The van der Waals surface area contributed by atoms with Crippen LogP contribution in [0.3, 0.4) is 0 Å². The van der Waals surface area contributed by atoms with Crippen molar-refractivity contribution in [3.05, 3.63) is 34.8 Å². The Morgan fingerprint density at radius 2 is 1.97 bits per heavy atom. The molecule has 168 valence electrons. The van der Waals surface area contributed by atoms with E-state index >= 15 is 0 Å². The van der Waals surface area contributed by atoms with Crippen LogP contribution in [0, 0.1) is 17.2 Å². The number of nitriles is 1. The van der Waals surface area contributed by atoms with Gasteiger partial charge in [-0.3, -0.25) is 14.0 Å². The van der Waals surface area contributed by atoms with Crippen molar-refractivity contribution in [1.29, 1.82) is 5.26 Å². The highest BCUT2D eigenvalue weighted by Gasteiger charge is 2.40. The number of nitrogens with zero attached hydrogens (tertiary/aromatic N) is 5. The maximum atomic E-state index is 13.7. The van der Waals surface area contributed by atoms with Crippen molar-refractivity contribution in [3.8, 4) is 6.07 Å². The number of carbonyl (C=O) groups excluding carboxylic acids is 2. The van der Waals surface area contributed by atoms with E-state index in [1.54, 1.807) is 4.90 Å². The van der Waals surface area contributed by atoms with Gasteiger partial charge in [0, 0.05) is 25.3 Å². The molecule has 0 radical (unpaired) electrons. The molecule has 0 unspecified atom stereocenters. The van der Waals surface area contributed by atoms with Crippen LogP contribution in [0.5, 0.6) is 0 Å². The van der Waals surface area contributed by atoms with Crippen LogP contribution in [0.1, 0.15) is 65.8 Å². The van der Waals surface area contributed by atoms with E-state index in [1.807, 2.05) is 6.07 Å². The molecule has 32 heavy (non-hydrogen) atoms. The van der Waals surface area contributed by atoms with Crippen molar-refractivity contribution >= 4 is 17.5 Å². The highest BCUT2D eigenvalue weighted by atomic mass is 19.4. The molecule has 2 saturated carbocycles. The molecular weight excluding hydrogens is 423 g/mol. The molecule has 3 fully saturated rings. The number of fused-ring (bicyclic) bond motifs is 1. The van der Waals surface area contributed by atoms with Crippen LogP contribution >= 0.6 is 0 Å². The van der Waals surface area contributed by atoms with Crippen molar-refractivity contribution in [1.82, 2.24) is 19.2 Å². The van der Waals surface area contributed by atoms with Gasteiger partial charge in [0.25, 0.3) is 5.91 Å². The highest BCUT2D eigenvalue weighted by Crippen LogP contribution is 2.43. The third-order valence-electron chi connectivity index (χ3n) is 6.74. The van der Waals surface area contributed by atoms with Crippen LogP contribution in [0.25, 0.3) is 5.65 Å². The third-order valence-corrected chi connectivity index (χ3v) is 6.74. The average molecular weight is 445 g/mol. The molecule has 1 saturated heterocycles. The first-order valence-electron chi connectivity index (χ1n) is 10.8. The van der Waals surface area contributed by atoms with Crippen LogP contribution in [0.15, 0.2) is 12.3 Å². The van der Waals surface area contributed by atoms with Crippen molar-refractivity contribution in [2.24, 2.45) is 5.92 Å². The molecule has 3 aliphatic rings. The van der Waals surface area contributed by atoms with Crippen molar-refractivity contribution in [2.75, 3.05) is 19.6 Å². The van der Waals surface area contributed by atoms with Crippen LogP contribution in [0.2, 0.25) is 0 Å². The Hall–Kier alpha value is -3.09. The highest BCUT2D eigenvalue weighted by molar-refractivity contribution is 5.98. The van der Waals surface area contributed by atoms with E-state index in [-0.39, 0.29) is 42.3 Å². The normalized spacial score (nSPS) is 23.9. The number of halogens is 3. The lowest BCUT2D eigenvalue weighted by Crippen LogP contribution is -2.58. The quantitative estimate of drug-likeness (QED) is 0.727. The second-order valence-electron chi connectivity index (χ2n) is 9.12. The molecule has 0 atom stereocenters. The molecule has 2 amide bonds. The number of pyridine rings is 1. The molecule has 3 heterocycles. The first kappa shape index (κ1) is 20.8. The summed E-state index contributed by atoms with van der Waals surface area (Å²) < 4.78 is 42.3. The van der Waals surface area contributed by atoms with Gasteiger partial charge in [-0.1, -0.05) is 6.92 Å². The van der Waals surface area contributed by atoms with Crippen LogP contribution in [0.4, 0.5) is 13.2 Å². The Bertz CT molecular complexity index is 1150. The van der Waals surface area contributed by atoms with E-state index in [0.29, 0.717) is 18.0 Å². The fraction of sp³-hybridized carbons (Fsp3) is 0.545. The number of piperazine rings is 1. The Morgan fingerprint density at radius 1 is 1.25 bits per heavy atom. The molecule has 0 N–H and O–H groups in total. The fourth-order valence-electron chi connectivity index (χ4n) is 4.78. The smallest absolute Gasteiger partial charge is 0.336 e. The zero-order valence-electron chi connectivity index (χ0n) is 17.5. The van der Waals surface area contributed by atoms with E-state index in [0.717, 1.165) is 36.2 Å². The largest absolute Gasteiger partial charge is 0.419 e. The monoisotopic (exact) mass is 445 g/mol. The minimum absolute atomic E-state index is 0.0218. The summed E-state index contributed by atoms with van der Waals surface area (Å²) in [7, 11) is 0. The number of imidazole rings is 1. The number of hydrogen-bond acceptors (Lipinski definition) is 4. The first-order valence-corrected chi connectivity index (χ1v) is 10.8. The molecule has 7 nitrogen and oxygen atoms in total. The minimum Gasteiger partial charge on any atom is -0.336 e. The number of aromatic nitrogens is 2. The second kappa shape index (κ2) is 7.22. The lowest BCUT2D eigenvalue weighted by Gasteiger charge is -2.45. The molecule has 2 aliphatic carbocycles. The summed E-state index contributed by atoms with van der Waals surface area (Å²) >= 11 is 0. The standard InChI is InChI=1S/C22H22F3N5O2/c1-12-6-15(7-12)29-5-4-28(11-18(29)31)21(32)19-17(9-26)30-10-14(13-2-3-13)8-16(20(30)27-19)22(23,24)25/h8,10,12-13,15H,2-7,11H2,1H3/t12-,15-. The topological polar surface area (TPSA) is 81.7 Å². The predicted octanol–water partition coefficient (Wildman–Crippen LogP) is 3.19.